The van der Waals surface area contributed by atoms with Crippen LogP contribution in [0.15, 0.2) is 28.7 Å². The van der Waals surface area contributed by atoms with Gasteiger partial charge in [-0.25, -0.2) is 0 Å². The summed E-state index contributed by atoms with van der Waals surface area (Å²) in [5.41, 5.74) is 1.70. The predicted octanol–water partition coefficient (Wildman–Crippen LogP) is 3.27. The Morgan fingerprint density at radius 1 is 1.39 bits per heavy atom. The molecule has 2 aromatic rings. The minimum absolute atomic E-state index is 0.0944. The normalized spacial score (nSPS) is 16.8. The van der Waals surface area contributed by atoms with Crippen molar-refractivity contribution in [2.24, 2.45) is 5.92 Å². The van der Waals surface area contributed by atoms with E-state index in [1.54, 1.807) is 0 Å². The van der Waals surface area contributed by atoms with Crippen LogP contribution in [0.4, 0.5) is 0 Å². The van der Waals surface area contributed by atoms with Crippen LogP contribution >= 0.6 is 0 Å². The molecule has 0 aliphatic heterocycles. The molecule has 1 amide bonds. The molecule has 1 aromatic heterocycles. The van der Waals surface area contributed by atoms with Gasteiger partial charge < -0.3 is 9.73 Å². The second kappa shape index (κ2) is 4.16. The highest BCUT2D eigenvalue weighted by molar-refractivity contribution is 5.99. The second-order valence-corrected chi connectivity index (χ2v) is 5.15. The number of hydrogen-bond acceptors (Lipinski definition) is 2. The minimum atomic E-state index is -0.0944. The van der Waals surface area contributed by atoms with Gasteiger partial charge in [0, 0.05) is 17.0 Å². The molecule has 3 rings (SSSR count). The first-order valence-electron chi connectivity index (χ1n) is 6.46. The number of carbonyl (C=O) groups is 1. The zero-order valence-electron chi connectivity index (χ0n) is 10.7. The van der Waals surface area contributed by atoms with E-state index in [2.05, 4.69) is 12.2 Å². The van der Waals surface area contributed by atoms with Crippen LogP contribution in [-0.2, 0) is 0 Å². The fourth-order valence-corrected chi connectivity index (χ4v) is 2.38. The van der Waals surface area contributed by atoms with Gasteiger partial charge in [0.2, 0.25) is 0 Å². The van der Waals surface area contributed by atoms with Crippen molar-refractivity contribution in [3.63, 3.8) is 0 Å². The lowest BCUT2D eigenvalue weighted by atomic mass is 10.1. The molecule has 1 saturated carbocycles. The average molecular weight is 243 g/mol. The van der Waals surface area contributed by atoms with Gasteiger partial charge in [0.1, 0.15) is 5.58 Å². The zero-order chi connectivity index (χ0) is 12.7. The van der Waals surface area contributed by atoms with Gasteiger partial charge in [-0.05, 0) is 38.7 Å². The predicted molar refractivity (Wildman–Crippen MR) is 70.6 cm³/mol. The number of hydrogen-bond donors (Lipinski definition) is 1. The Balaban J connectivity index is 1.88. The standard InChI is InChI=1S/C15H17NO2/c1-9-12-5-3-4-6-13(12)18-14(9)15(17)16-10(2)11-7-8-11/h3-6,10-11H,7-8H2,1-2H3,(H,16,17). The third-order valence-corrected chi connectivity index (χ3v) is 3.74. The first-order chi connectivity index (χ1) is 8.66. The van der Waals surface area contributed by atoms with E-state index in [1.807, 2.05) is 31.2 Å². The summed E-state index contributed by atoms with van der Waals surface area (Å²) in [4.78, 5) is 12.2. The van der Waals surface area contributed by atoms with Crippen molar-refractivity contribution in [1.29, 1.82) is 0 Å². The summed E-state index contributed by atoms with van der Waals surface area (Å²) in [6.45, 7) is 4.00. The number of rotatable bonds is 3. The van der Waals surface area contributed by atoms with Crippen molar-refractivity contribution in [3.05, 3.63) is 35.6 Å². The maximum absolute atomic E-state index is 12.2. The molecule has 0 bridgehead atoms. The summed E-state index contributed by atoms with van der Waals surface area (Å²) in [6.07, 6.45) is 2.45. The molecule has 3 nitrogen and oxygen atoms in total. The Morgan fingerprint density at radius 2 is 2.11 bits per heavy atom. The first-order valence-corrected chi connectivity index (χ1v) is 6.46. The zero-order valence-corrected chi connectivity index (χ0v) is 10.7. The van der Waals surface area contributed by atoms with Crippen molar-refractivity contribution >= 4 is 16.9 Å². The molecule has 0 radical (unpaired) electrons. The van der Waals surface area contributed by atoms with Gasteiger partial charge in [-0.3, -0.25) is 4.79 Å². The summed E-state index contributed by atoms with van der Waals surface area (Å²) < 4.78 is 5.65. The SMILES string of the molecule is Cc1c(C(=O)NC(C)C2CC2)oc2ccccc12. The van der Waals surface area contributed by atoms with Crippen molar-refractivity contribution in [1.82, 2.24) is 5.32 Å². The maximum Gasteiger partial charge on any atom is 0.287 e. The van der Waals surface area contributed by atoms with E-state index in [0.717, 1.165) is 16.5 Å². The van der Waals surface area contributed by atoms with E-state index in [9.17, 15) is 4.79 Å². The van der Waals surface area contributed by atoms with Crippen LogP contribution < -0.4 is 5.32 Å². The average Bonchev–Trinajstić information content (AvgIpc) is 3.15. The topological polar surface area (TPSA) is 42.2 Å². The van der Waals surface area contributed by atoms with E-state index >= 15 is 0 Å². The van der Waals surface area contributed by atoms with E-state index in [0.29, 0.717) is 11.7 Å². The molecule has 1 aliphatic carbocycles. The molecular formula is C15H17NO2. The number of amides is 1. The summed E-state index contributed by atoms with van der Waals surface area (Å²) in [7, 11) is 0. The third kappa shape index (κ3) is 1.90. The molecule has 1 aliphatic rings. The molecule has 0 saturated heterocycles. The minimum Gasteiger partial charge on any atom is -0.451 e. The van der Waals surface area contributed by atoms with Gasteiger partial charge in [-0.2, -0.15) is 0 Å². The summed E-state index contributed by atoms with van der Waals surface area (Å²) in [6, 6.07) is 7.99. The Labute approximate surface area is 106 Å². The number of aryl methyl sites for hydroxylation is 1. The van der Waals surface area contributed by atoms with Gasteiger partial charge in [-0.1, -0.05) is 18.2 Å². The lowest BCUT2D eigenvalue weighted by Gasteiger charge is -2.11. The van der Waals surface area contributed by atoms with Crippen LogP contribution in [0, 0.1) is 12.8 Å². The molecule has 1 heterocycles. The fourth-order valence-electron chi connectivity index (χ4n) is 2.38. The van der Waals surface area contributed by atoms with Crippen LogP contribution in [0.2, 0.25) is 0 Å². The van der Waals surface area contributed by atoms with Crippen LogP contribution in [0.3, 0.4) is 0 Å². The summed E-state index contributed by atoms with van der Waals surface area (Å²) in [5.74, 6) is 1.01. The van der Waals surface area contributed by atoms with Gasteiger partial charge in [-0.15, -0.1) is 0 Å². The van der Waals surface area contributed by atoms with Gasteiger partial charge >= 0.3 is 0 Å². The lowest BCUT2D eigenvalue weighted by molar-refractivity contribution is 0.0909. The van der Waals surface area contributed by atoms with Crippen LogP contribution in [0.25, 0.3) is 11.0 Å². The number of nitrogens with one attached hydrogen (secondary N) is 1. The Bertz CT molecular complexity index is 596. The third-order valence-electron chi connectivity index (χ3n) is 3.74. The van der Waals surface area contributed by atoms with Crippen LogP contribution in [-0.4, -0.2) is 11.9 Å². The molecule has 3 heteroatoms. The summed E-state index contributed by atoms with van der Waals surface area (Å²) >= 11 is 0. The molecule has 1 aromatic carbocycles. The largest absolute Gasteiger partial charge is 0.451 e. The monoisotopic (exact) mass is 243 g/mol. The number of benzene rings is 1. The fraction of sp³-hybridized carbons (Fsp3) is 0.400. The maximum atomic E-state index is 12.2. The lowest BCUT2D eigenvalue weighted by Crippen LogP contribution is -2.34. The molecule has 94 valence electrons. The van der Waals surface area contributed by atoms with Gasteiger partial charge in [0.25, 0.3) is 5.91 Å². The van der Waals surface area contributed by atoms with Crippen LogP contribution in [0.5, 0.6) is 0 Å². The van der Waals surface area contributed by atoms with E-state index in [-0.39, 0.29) is 11.9 Å². The molecule has 0 spiro atoms. The van der Waals surface area contributed by atoms with Crippen molar-refractivity contribution in [2.45, 2.75) is 32.7 Å². The molecular weight excluding hydrogens is 226 g/mol. The van der Waals surface area contributed by atoms with E-state index in [4.69, 9.17) is 4.42 Å². The molecule has 1 atom stereocenters. The van der Waals surface area contributed by atoms with E-state index in [1.165, 1.54) is 12.8 Å². The molecule has 1 unspecified atom stereocenters. The van der Waals surface area contributed by atoms with Crippen molar-refractivity contribution < 1.29 is 9.21 Å². The second-order valence-electron chi connectivity index (χ2n) is 5.15. The summed E-state index contributed by atoms with van der Waals surface area (Å²) in [5, 5.41) is 4.04. The van der Waals surface area contributed by atoms with Crippen molar-refractivity contribution in [2.75, 3.05) is 0 Å². The van der Waals surface area contributed by atoms with Crippen LogP contribution in [0.1, 0.15) is 35.9 Å². The highest BCUT2D eigenvalue weighted by Crippen LogP contribution is 2.32. The molecule has 1 N–H and O–H groups in total. The Kier molecular flexibility index (Phi) is 2.62. The van der Waals surface area contributed by atoms with Gasteiger partial charge in [0.15, 0.2) is 5.76 Å². The Morgan fingerprint density at radius 3 is 2.78 bits per heavy atom. The number of fused-ring (bicyclic) bond motifs is 1. The smallest absolute Gasteiger partial charge is 0.287 e. The quantitative estimate of drug-likeness (QED) is 0.899. The first kappa shape index (κ1) is 11.3. The highest BCUT2D eigenvalue weighted by Gasteiger charge is 2.30. The molecule has 18 heavy (non-hydrogen) atoms. The van der Waals surface area contributed by atoms with E-state index < -0.39 is 0 Å². The number of furan rings is 1. The molecule has 1 fully saturated rings. The highest BCUT2D eigenvalue weighted by atomic mass is 16.3. The van der Waals surface area contributed by atoms with Crippen molar-refractivity contribution in [3.8, 4) is 0 Å². The number of para-hydroxylation sites is 1. The number of carbonyl (C=O) groups excluding carboxylic acids is 1. The van der Waals surface area contributed by atoms with Gasteiger partial charge in [0.05, 0.1) is 0 Å². The Hall–Kier alpha value is -1.77.